The van der Waals surface area contributed by atoms with E-state index in [0.717, 1.165) is 25.0 Å². The Morgan fingerprint density at radius 1 is 1.20 bits per heavy atom. The lowest BCUT2D eigenvalue weighted by Gasteiger charge is -2.40. The van der Waals surface area contributed by atoms with Crippen molar-refractivity contribution in [3.05, 3.63) is 51.8 Å². The number of aromatic nitrogens is 2. The lowest BCUT2D eigenvalue weighted by Crippen LogP contribution is -2.51. The second-order valence-corrected chi connectivity index (χ2v) is 12.9. The molecule has 15 heteroatoms. The van der Waals surface area contributed by atoms with Crippen LogP contribution in [0.2, 0.25) is 5.02 Å². The number of nitrogens with one attached hydrogen (secondary N) is 1. The molecule has 8 nitrogen and oxygen atoms in total. The van der Waals surface area contributed by atoms with Crippen molar-refractivity contribution in [1.29, 1.82) is 5.26 Å². The van der Waals surface area contributed by atoms with E-state index >= 15 is 8.78 Å². The van der Waals surface area contributed by atoms with Crippen LogP contribution in [0.5, 0.6) is 6.01 Å². The van der Waals surface area contributed by atoms with Gasteiger partial charge in [0, 0.05) is 54.6 Å². The molecule has 0 spiro atoms. The Labute approximate surface area is 265 Å². The van der Waals surface area contributed by atoms with Gasteiger partial charge in [-0.2, -0.15) is 28.4 Å². The van der Waals surface area contributed by atoms with Gasteiger partial charge >= 0.3 is 12.2 Å². The van der Waals surface area contributed by atoms with Crippen LogP contribution in [-0.4, -0.2) is 66.8 Å². The van der Waals surface area contributed by atoms with Gasteiger partial charge in [0.25, 0.3) is 0 Å². The van der Waals surface area contributed by atoms with Gasteiger partial charge in [0.05, 0.1) is 33.7 Å². The first-order valence-corrected chi connectivity index (χ1v) is 15.0. The Kier molecular flexibility index (Phi) is 8.23. The fourth-order valence-electron chi connectivity index (χ4n) is 6.92. The first-order valence-electron chi connectivity index (χ1n) is 14.7. The van der Waals surface area contributed by atoms with Crippen LogP contribution in [0.25, 0.3) is 22.0 Å². The minimum Gasteiger partial charge on any atom is -0.462 e. The van der Waals surface area contributed by atoms with Crippen LogP contribution in [0.15, 0.2) is 24.0 Å². The van der Waals surface area contributed by atoms with E-state index in [1.165, 1.54) is 0 Å². The van der Waals surface area contributed by atoms with E-state index in [2.05, 4.69) is 15.3 Å². The summed E-state index contributed by atoms with van der Waals surface area (Å²) in [7, 11) is 1.88. The Balaban J connectivity index is 1.56. The smallest absolute Gasteiger partial charge is 0.418 e. The number of rotatable bonds is 5. The topological polar surface area (TPSA) is 103 Å². The quantitative estimate of drug-likeness (QED) is 0.245. The third kappa shape index (κ3) is 5.58. The molecule has 1 aromatic heterocycles. The molecule has 0 saturated carbocycles. The van der Waals surface area contributed by atoms with Gasteiger partial charge in [-0.3, -0.25) is 0 Å². The Bertz CT molecular complexity index is 1780. The van der Waals surface area contributed by atoms with Crippen molar-refractivity contribution >= 4 is 34.0 Å². The number of likely N-dealkylation sites (tertiary alicyclic amines) is 1. The molecule has 3 fully saturated rings. The molecule has 0 aliphatic carbocycles. The number of halogens is 7. The molecule has 4 heterocycles. The standard InChI is InChI=1S/C31H30ClF6N7O/c1-30(13-44(2)6-5-15(30)9-33)14-46-29-42-27-18(28(43-29)45-11-16-3-4-17(12-45)41-16)7-21(34)24(26(27)35)23-19(10-39)22(40)8-20(32)25(23)31(36,37)38/h7-9,16-17,41H,3-6,11-14,40H2,1-2H3/b15-9+/t16-,17+,30-/m0/s1. The highest BCUT2D eigenvalue weighted by Crippen LogP contribution is 2.48. The summed E-state index contributed by atoms with van der Waals surface area (Å²) in [5.41, 5.74) is -0.160. The van der Waals surface area contributed by atoms with Crippen molar-refractivity contribution in [2.45, 2.75) is 44.4 Å². The number of nitrogens with two attached hydrogens (primary N) is 1. The van der Waals surface area contributed by atoms with Crippen LogP contribution in [0.3, 0.4) is 0 Å². The molecule has 3 atom stereocenters. The van der Waals surface area contributed by atoms with Crippen molar-refractivity contribution in [3.63, 3.8) is 0 Å². The number of nitrogen functional groups attached to an aromatic ring is 1. The molecular weight excluding hydrogens is 636 g/mol. The van der Waals surface area contributed by atoms with Crippen molar-refractivity contribution < 1.29 is 31.1 Å². The summed E-state index contributed by atoms with van der Waals surface area (Å²) in [6.45, 7) is 3.70. The lowest BCUT2D eigenvalue weighted by atomic mass is 9.78. The molecule has 3 saturated heterocycles. The first-order chi connectivity index (χ1) is 21.7. The molecule has 3 N–H and O–H groups in total. The van der Waals surface area contributed by atoms with Crippen LogP contribution in [0.4, 0.5) is 37.8 Å². The van der Waals surface area contributed by atoms with Gasteiger partial charge in [-0.25, -0.2) is 13.2 Å². The number of anilines is 2. The predicted octanol–water partition coefficient (Wildman–Crippen LogP) is 6.22. The van der Waals surface area contributed by atoms with Gasteiger partial charge < -0.3 is 25.6 Å². The zero-order valence-corrected chi connectivity index (χ0v) is 25.7. The molecular formula is C31H30ClF6N7O. The maximum absolute atomic E-state index is 16.7. The Morgan fingerprint density at radius 2 is 1.89 bits per heavy atom. The zero-order chi connectivity index (χ0) is 33.1. The minimum absolute atomic E-state index is 0.0950. The number of hydrogen-bond acceptors (Lipinski definition) is 8. The van der Waals surface area contributed by atoms with E-state index < -0.39 is 61.7 Å². The van der Waals surface area contributed by atoms with E-state index in [0.29, 0.717) is 44.5 Å². The monoisotopic (exact) mass is 665 g/mol. The van der Waals surface area contributed by atoms with E-state index in [9.17, 15) is 22.8 Å². The average Bonchev–Trinajstić information content (AvgIpc) is 3.32. The number of ether oxygens (including phenoxy) is 1. The number of piperidine rings is 1. The molecule has 2 aromatic carbocycles. The molecule has 3 aromatic rings. The lowest BCUT2D eigenvalue weighted by molar-refractivity contribution is -0.137. The fraction of sp³-hybridized carbons (Fsp3) is 0.452. The first kappa shape index (κ1) is 32.2. The van der Waals surface area contributed by atoms with Crippen molar-refractivity contribution in [2.24, 2.45) is 5.41 Å². The molecule has 0 amide bonds. The van der Waals surface area contributed by atoms with E-state index in [1.54, 1.807) is 6.07 Å². The van der Waals surface area contributed by atoms with Crippen molar-refractivity contribution in [2.75, 3.05) is 50.5 Å². The number of alkyl halides is 3. The van der Waals surface area contributed by atoms with Crippen molar-refractivity contribution in [1.82, 2.24) is 20.2 Å². The Morgan fingerprint density at radius 3 is 2.52 bits per heavy atom. The number of nitriles is 1. The van der Waals surface area contributed by atoms with Crippen LogP contribution in [-0.2, 0) is 6.18 Å². The normalized spacial score (nSPS) is 24.5. The average molecular weight is 666 g/mol. The summed E-state index contributed by atoms with van der Waals surface area (Å²) in [5.74, 6) is -2.73. The number of hydrogen-bond donors (Lipinski definition) is 2. The molecule has 46 heavy (non-hydrogen) atoms. The van der Waals surface area contributed by atoms with Gasteiger partial charge in [-0.05, 0) is 44.0 Å². The summed E-state index contributed by atoms with van der Waals surface area (Å²) < 4.78 is 95.4. The van der Waals surface area contributed by atoms with Crippen LogP contribution < -0.4 is 20.7 Å². The maximum Gasteiger partial charge on any atom is 0.418 e. The SMILES string of the molecule is CN1CC/C(=C\F)[C@](C)(COc2nc(N3C[C@H]4CC[C@@H](C3)N4)c3cc(F)c(-c4c(C#N)c(N)cc(Cl)c4C(F)(F)F)c(F)c3n2)C1. The molecule has 0 radical (unpaired) electrons. The van der Waals surface area contributed by atoms with Crippen LogP contribution in [0, 0.1) is 28.4 Å². The minimum atomic E-state index is -5.20. The van der Waals surface area contributed by atoms with E-state index in [1.807, 2.05) is 23.8 Å². The number of nitrogens with zero attached hydrogens (tertiary/aromatic N) is 5. The second kappa shape index (κ2) is 11.8. The van der Waals surface area contributed by atoms with Gasteiger partial charge in [-0.1, -0.05) is 18.5 Å². The van der Waals surface area contributed by atoms with Crippen molar-refractivity contribution in [3.8, 4) is 23.2 Å². The molecule has 0 unspecified atom stereocenters. The molecule has 2 bridgehead atoms. The molecule has 244 valence electrons. The second-order valence-electron chi connectivity index (χ2n) is 12.5. The Hall–Kier alpha value is -3.80. The summed E-state index contributed by atoms with van der Waals surface area (Å²) in [6.07, 6.45) is -2.41. The summed E-state index contributed by atoms with van der Waals surface area (Å²) in [6, 6.07) is 2.99. The summed E-state index contributed by atoms with van der Waals surface area (Å²) >= 11 is 5.92. The van der Waals surface area contributed by atoms with Gasteiger partial charge in [0.2, 0.25) is 0 Å². The number of fused-ring (bicyclic) bond motifs is 3. The highest BCUT2D eigenvalue weighted by Gasteiger charge is 2.41. The zero-order valence-electron chi connectivity index (χ0n) is 24.9. The van der Waals surface area contributed by atoms with E-state index in [-0.39, 0.29) is 35.9 Å². The van der Waals surface area contributed by atoms with E-state index in [4.69, 9.17) is 22.1 Å². The summed E-state index contributed by atoms with van der Waals surface area (Å²) in [4.78, 5) is 12.6. The largest absolute Gasteiger partial charge is 0.462 e. The number of piperazine rings is 1. The highest BCUT2D eigenvalue weighted by atomic mass is 35.5. The predicted molar refractivity (Wildman–Crippen MR) is 161 cm³/mol. The van der Waals surface area contributed by atoms with Gasteiger partial charge in [0.15, 0.2) is 5.82 Å². The maximum atomic E-state index is 16.7. The number of benzene rings is 2. The highest BCUT2D eigenvalue weighted by molar-refractivity contribution is 6.32. The van der Waals surface area contributed by atoms with Gasteiger partial charge in [0.1, 0.15) is 29.8 Å². The molecule has 3 aliphatic heterocycles. The molecule has 6 rings (SSSR count). The van der Waals surface area contributed by atoms with Crippen LogP contribution in [0.1, 0.15) is 37.3 Å². The third-order valence-corrected chi connectivity index (χ3v) is 9.42. The van der Waals surface area contributed by atoms with Gasteiger partial charge in [-0.15, -0.1) is 0 Å². The summed E-state index contributed by atoms with van der Waals surface area (Å²) in [5, 5.41) is 12.2. The fourth-order valence-corrected chi connectivity index (χ4v) is 7.24. The van der Waals surface area contributed by atoms with Crippen LogP contribution >= 0.6 is 11.6 Å². The third-order valence-electron chi connectivity index (χ3n) is 9.12. The molecule has 3 aliphatic rings.